The Kier molecular flexibility index (Phi) is 6.00. The van der Waals surface area contributed by atoms with E-state index in [4.69, 9.17) is 9.47 Å². The van der Waals surface area contributed by atoms with E-state index in [1.165, 1.54) is 0 Å². The SMILES string of the molecule is COc1ccc(CN2C(=O)C3(CCC3)c3cc(-c4ccnn4-c4cccc(N5CCOCC5)c4)cc(O)c32)cc1. The van der Waals surface area contributed by atoms with Gasteiger partial charge in [-0.1, -0.05) is 24.6 Å². The van der Waals surface area contributed by atoms with Gasteiger partial charge in [-0.15, -0.1) is 0 Å². The maximum atomic E-state index is 13.9. The third-order valence-electron chi connectivity index (χ3n) is 8.63. The fourth-order valence-corrected chi connectivity index (χ4v) is 6.34. The van der Waals surface area contributed by atoms with Crippen LogP contribution in [-0.4, -0.2) is 54.2 Å². The van der Waals surface area contributed by atoms with E-state index in [1.807, 2.05) is 47.1 Å². The third kappa shape index (κ3) is 3.93. The number of morpholine rings is 1. The molecular formula is C32H32N4O4. The summed E-state index contributed by atoms with van der Waals surface area (Å²) in [6.45, 7) is 3.56. The quantitative estimate of drug-likeness (QED) is 0.371. The van der Waals surface area contributed by atoms with Gasteiger partial charge in [0.25, 0.3) is 0 Å². The van der Waals surface area contributed by atoms with Gasteiger partial charge in [0.15, 0.2) is 0 Å². The van der Waals surface area contributed by atoms with E-state index in [1.54, 1.807) is 24.3 Å². The molecule has 3 heterocycles. The second-order valence-corrected chi connectivity index (χ2v) is 10.8. The van der Waals surface area contributed by atoms with E-state index in [9.17, 15) is 9.90 Å². The van der Waals surface area contributed by atoms with E-state index in [0.29, 0.717) is 12.2 Å². The molecule has 1 saturated heterocycles. The predicted molar refractivity (Wildman–Crippen MR) is 153 cm³/mol. The molecule has 3 aliphatic rings. The summed E-state index contributed by atoms with van der Waals surface area (Å²) >= 11 is 0. The van der Waals surface area contributed by atoms with E-state index in [0.717, 1.165) is 85.1 Å². The number of phenols is 1. The lowest BCUT2D eigenvalue weighted by Crippen LogP contribution is -2.44. The normalized spacial score (nSPS) is 17.7. The van der Waals surface area contributed by atoms with Gasteiger partial charge in [0.1, 0.15) is 11.5 Å². The minimum Gasteiger partial charge on any atom is -0.506 e. The van der Waals surface area contributed by atoms with Crippen LogP contribution in [0.15, 0.2) is 72.9 Å². The fourth-order valence-electron chi connectivity index (χ4n) is 6.34. The highest BCUT2D eigenvalue weighted by Crippen LogP contribution is 2.57. The molecule has 8 heteroatoms. The first kappa shape index (κ1) is 24.7. The average molecular weight is 537 g/mol. The Morgan fingerprint density at radius 1 is 1.00 bits per heavy atom. The number of rotatable bonds is 6. The summed E-state index contributed by atoms with van der Waals surface area (Å²) in [5.41, 5.74) is 5.75. The van der Waals surface area contributed by atoms with Crippen molar-refractivity contribution < 1.29 is 19.4 Å². The Bertz CT molecular complexity index is 1570. The highest BCUT2D eigenvalue weighted by atomic mass is 16.5. The maximum absolute atomic E-state index is 13.9. The van der Waals surface area contributed by atoms with Crippen LogP contribution in [0.5, 0.6) is 11.5 Å². The summed E-state index contributed by atoms with van der Waals surface area (Å²) in [6.07, 6.45) is 4.36. The number of benzene rings is 3. The molecule has 8 nitrogen and oxygen atoms in total. The number of carbonyl (C=O) groups excluding carboxylic acids is 1. The first-order valence-corrected chi connectivity index (χ1v) is 13.9. The van der Waals surface area contributed by atoms with E-state index < -0.39 is 5.41 Å². The average Bonchev–Trinajstić information content (AvgIpc) is 3.55. The smallest absolute Gasteiger partial charge is 0.238 e. The van der Waals surface area contributed by atoms with Crippen molar-refractivity contribution in [3.8, 4) is 28.4 Å². The van der Waals surface area contributed by atoms with Crippen LogP contribution >= 0.6 is 0 Å². The molecule has 2 aliphatic heterocycles. The standard InChI is InChI=1S/C32H32N4O4/c1-39-26-8-6-22(7-9-26)21-35-30-27(32(31(35)38)11-3-12-32)18-23(19-29(30)37)28-10-13-33-36(28)25-5-2-4-24(20-25)34-14-16-40-17-15-34/h2,4-10,13,18-20,37H,3,11-12,14-17,21H2,1H3. The van der Waals surface area contributed by atoms with Crippen LogP contribution in [0, 0.1) is 0 Å². The van der Waals surface area contributed by atoms with Gasteiger partial charge < -0.3 is 24.4 Å². The number of aromatic hydroxyl groups is 1. The first-order valence-electron chi connectivity index (χ1n) is 13.9. The minimum absolute atomic E-state index is 0.0729. The van der Waals surface area contributed by atoms with Gasteiger partial charge in [-0.3, -0.25) is 4.79 Å². The van der Waals surface area contributed by atoms with Gasteiger partial charge in [0.05, 0.1) is 55.5 Å². The molecule has 1 N–H and O–H groups in total. The second-order valence-electron chi connectivity index (χ2n) is 10.8. The summed E-state index contributed by atoms with van der Waals surface area (Å²) in [5, 5.41) is 16.1. The summed E-state index contributed by atoms with van der Waals surface area (Å²) in [4.78, 5) is 18.0. The Labute approximate surface area is 233 Å². The number of hydrogen-bond donors (Lipinski definition) is 1. The van der Waals surface area contributed by atoms with Crippen LogP contribution in [0.2, 0.25) is 0 Å². The number of carbonyl (C=O) groups is 1. The van der Waals surface area contributed by atoms with Crippen molar-refractivity contribution in [2.75, 3.05) is 43.2 Å². The van der Waals surface area contributed by atoms with Gasteiger partial charge in [0, 0.05) is 24.3 Å². The highest BCUT2D eigenvalue weighted by molar-refractivity contribution is 6.10. The van der Waals surface area contributed by atoms with Gasteiger partial charge in [-0.2, -0.15) is 5.10 Å². The van der Waals surface area contributed by atoms with Crippen molar-refractivity contribution in [3.05, 3.63) is 84.1 Å². The summed E-state index contributed by atoms with van der Waals surface area (Å²) in [5.74, 6) is 0.962. The molecule has 0 bridgehead atoms. The molecule has 0 atom stereocenters. The van der Waals surface area contributed by atoms with Crippen LogP contribution in [0.3, 0.4) is 0 Å². The number of aromatic nitrogens is 2. The van der Waals surface area contributed by atoms with Gasteiger partial charge in [-0.25, -0.2) is 4.68 Å². The Balaban J connectivity index is 1.26. The molecule has 4 aromatic rings. The molecule has 1 saturated carbocycles. The molecule has 3 aromatic carbocycles. The number of fused-ring (bicyclic) bond motifs is 2. The van der Waals surface area contributed by atoms with Crippen molar-refractivity contribution in [3.63, 3.8) is 0 Å². The molecule has 0 radical (unpaired) electrons. The van der Waals surface area contributed by atoms with Gasteiger partial charge >= 0.3 is 0 Å². The first-order chi connectivity index (χ1) is 19.6. The lowest BCUT2D eigenvalue weighted by Gasteiger charge is -2.37. The van der Waals surface area contributed by atoms with Crippen LogP contribution in [-0.2, 0) is 21.5 Å². The molecule has 1 aliphatic carbocycles. The Morgan fingerprint density at radius 2 is 1.77 bits per heavy atom. The number of nitrogens with zero attached hydrogens (tertiary/aromatic N) is 4. The number of amides is 1. The van der Waals surface area contributed by atoms with E-state index in [2.05, 4.69) is 28.2 Å². The summed E-state index contributed by atoms with van der Waals surface area (Å²) in [7, 11) is 1.64. The van der Waals surface area contributed by atoms with Crippen molar-refractivity contribution >= 4 is 17.3 Å². The lowest BCUT2D eigenvalue weighted by molar-refractivity contribution is -0.126. The Hall–Kier alpha value is -4.30. The third-order valence-corrected chi connectivity index (χ3v) is 8.63. The van der Waals surface area contributed by atoms with Crippen LogP contribution in [0.4, 0.5) is 11.4 Å². The number of anilines is 2. The molecule has 0 unspecified atom stereocenters. The molecule has 1 aromatic heterocycles. The van der Waals surface area contributed by atoms with Crippen LogP contribution in [0.25, 0.3) is 16.9 Å². The highest BCUT2D eigenvalue weighted by Gasteiger charge is 2.55. The molecule has 2 fully saturated rings. The zero-order chi connectivity index (χ0) is 27.3. The fraction of sp³-hybridized carbons (Fsp3) is 0.312. The minimum atomic E-state index is -0.573. The maximum Gasteiger partial charge on any atom is 0.238 e. The summed E-state index contributed by atoms with van der Waals surface area (Å²) in [6, 6.07) is 21.9. The number of methoxy groups -OCH3 is 1. The van der Waals surface area contributed by atoms with Crippen molar-refractivity contribution in [2.24, 2.45) is 0 Å². The largest absolute Gasteiger partial charge is 0.506 e. The van der Waals surface area contributed by atoms with Crippen molar-refractivity contribution in [2.45, 2.75) is 31.2 Å². The zero-order valence-corrected chi connectivity index (χ0v) is 22.5. The lowest BCUT2D eigenvalue weighted by atomic mass is 9.65. The van der Waals surface area contributed by atoms with Crippen molar-refractivity contribution in [1.29, 1.82) is 0 Å². The Morgan fingerprint density at radius 3 is 2.50 bits per heavy atom. The molecule has 40 heavy (non-hydrogen) atoms. The summed E-state index contributed by atoms with van der Waals surface area (Å²) < 4.78 is 12.7. The topological polar surface area (TPSA) is 80.1 Å². The molecule has 204 valence electrons. The number of phenolic OH excluding ortho intramolecular Hbond substituents is 1. The zero-order valence-electron chi connectivity index (χ0n) is 22.5. The monoisotopic (exact) mass is 536 g/mol. The number of ether oxygens (including phenoxy) is 2. The van der Waals surface area contributed by atoms with E-state index >= 15 is 0 Å². The molecule has 7 rings (SSSR count). The number of hydrogen-bond acceptors (Lipinski definition) is 6. The van der Waals surface area contributed by atoms with Crippen LogP contribution in [0.1, 0.15) is 30.4 Å². The molecular weight excluding hydrogens is 504 g/mol. The van der Waals surface area contributed by atoms with Gasteiger partial charge in [0.2, 0.25) is 5.91 Å². The molecule has 1 amide bonds. The molecule has 1 spiro atoms. The van der Waals surface area contributed by atoms with Crippen molar-refractivity contribution in [1.82, 2.24) is 9.78 Å². The van der Waals surface area contributed by atoms with Gasteiger partial charge in [-0.05, 0) is 72.5 Å². The second kappa shape index (κ2) is 9.71. The van der Waals surface area contributed by atoms with Crippen LogP contribution < -0.4 is 14.5 Å². The predicted octanol–water partition coefficient (Wildman–Crippen LogP) is 5.06. The van der Waals surface area contributed by atoms with E-state index in [-0.39, 0.29) is 11.7 Å².